The number of hydrogen-bond acceptors (Lipinski definition) is 4. The zero-order chi connectivity index (χ0) is 13.8. The SMILES string of the molecule is CCc1ccc(S(=O)(=O)N(C)CC(O)CO)cc1. The zero-order valence-corrected chi connectivity index (χ0v) is 11.4. The molecule has 0 aliphatic rings. The van der Waals surface area contributed by atoms with Gasteiger partial charge in [0.1, 0.15) is 0 Å². The second-order valence-electron chi connectivity index (χ2n) is 4.12. The summed E-state index contributed by atoms with van der Waals surface area (Å²) in [5.41, 5.74) is 1.06. The molecule has 1 aromatic carbocycles. The fourth-order valence-electron chi connectivity index (χ4n) is 1.53. The van der Waals surface area contributed by atoms with Crippen LogP contribution in [0.5, 0.6) is 0 Å². The van der Waals surface area contributed by atoms with E-state index >= 15 is 0 Å². The molecule has 18 heavy (non-hydrogen) atoms. The third-order valence-electron chi connectivity index (χ3n) is 2.72. The summed E-state index contributed by atoms with van der Waals surface area (Å²) in [5, 5.41) is 18.0. The topological polar surface area (TPSA) is 77.8 Å². The Hall–Kier alpha value is -0.950. The number of aliphatic hydroxyl groups excluding tert-OH is 2. The number of hydrogen-bond donors (Lipinski definition) is 2. The molecule has 1 atom stereocenters. The first-order valence-corrected chi connectivity index (χ1v) is 7.20. The van der Waals surface area contributed by atoms with Crippen LogP contribution >= 0.6 is 0 Å². The minimum atomic E-state index is -3.61. The lowest BCUT2D eigenvalue weighted by molar-refractivity contribution is 0.0826. The maximum absolute atomic E-state index is 12.1. The summed E-state index contributed by atoms with van der Waals surface area (Å²) in [6, 6.07) is 6.64. The normalized spacial score (nSPS) is 13.8. The van der Waals surface area contributed by atoms with Crippen molar-refractivity contribution in [2.45, 2.75) is 24.3 Å². The lowest BCUT2D eigenvalue weighted by Gasteiger charge is -2.19. The molecule has 1 unspecified atom stereocenters. The summed E-state index contributed by atoms with van der Waals surface area (Å²) in [6.07, 6.45) is -0.223. The van der Waals surface area contributed by atoms with Gasteiger partial charge in [0.2, 0.25) is 10.0 Å². The molecule has 0 aliphatic heterocycles. The van der Waals surface area contributed by atoms with Gasteiger partial charge in [0.25, 0.3) is 0 Å². The fraction of sp³-hybridized carbons (Fsp3) is 0.500. The fourth-order valence-corrected chi connectivity index (χ4v) is 2.74. The van der Waals surface area contributed by atoms with Crippen LogP contribution in [0.2, 0.25) is 0 Å². The summed E-state index contributed by atoms with van der Waals surface area (Å²) >= 11 is 0. The van der Waals surface area contributed by atoms with Crippen LogP contribution in [0.3, 0.4) is 0 Å². The highest BCUT2D eigenvalue weighted by molar-refractivity contribution is 7.89. The van der Waals surface area contributed by atoms with E-state index in [1.807, 2.05) is 6.92 Å². The van der Waals surface area contributed by atoms with Crippen molar-refractivity contribution in [3.63, 3.8) is 0 Å². The third-order valence-corrected chi connectivity index (χ3v) is 4.56. The van der Waals surface area contributed by atoms with Crippen molar-refractivity contribution in [2.24, 2.45) is 0 Å². The summed E-state index contributed by atoms with van der Waals surface area (Å²) < 4.78 is 25.3. The molecule has 0 saturated carbocycles. The van der Waals surface area contributed by atoms with Crippen LogP contribution in [0.4, 0.5) is 0 Å². The Morgan fingerprint density at radius 1 is 1.28 bits per heavy atom. The van der Waals surface area contributed by atoms with E-state index in [1.54, 1.807) is 24.3 Å². The van der Waals surface area contributed by atoms with Gasteiger partial charge in [0.15, 0.2) is 0 Å². The monoisotopic (exact) mass is 273 g/mol. The van der Waals surface area contributed by atoms with Gasteiger partial charge in [-0.2, -0.15) is 4.31 Å². The minimum absolute atomic E-state index is 0.131. The van der Waals surface area contributed by atoms with Gasteiger partial charge in [-0.1, -0.05) is 19.1 Å². The lowest BCUT2D eigenvalue weighted by Crippen LogP contribution is -2.35. The maximum atomic E-state index is 12.1. The Bertz CT molecular complexity index is 469. The quantitative estimate of drug-likeness (QED) is 0.777. The van der Waals surface area contributed by atoms with Crippen LogP contribution < -0.4 is 0 Å². The number of nitrogens with zero attached hydrogens (tertiary/aromatic N) is 1. The van der Waals surface area contributed by atoms with Crippen molar-refractivity contribution in [1.82, 2.24) is 4.31 Å². The van der Waals surface area contributed by atoms with E-state index in [2.05, 4.69) is 0 Å². The van der Waals surface area contributed by atoms with Gasteiger partial charge in [-0.3, -0.25) is 0 Å². The van der Waals surface area contributed by atoms with E-state index in [9.17, 15) is 13.5 Å². The molecule has 0 heterocycles. The highest BCUT2D eigenvalue weighted by Crippen LogP contribution is 2.15. The minimum Gasteiger partial charge on any atom is -0.394 e. The van der Waals surface area contributed by atoms with Crippen LogP contribution in [0, 0.1) is 0 Å². The molecule has 102 valence electrons. The van der Waals surface area contributed by atoms with Crippen LogP contribution in [-0.4, -0.2) is 49.2 Å². The molecule has 2 N–H and O–H groups in total. The number of sulfonamides is 1. The average molecular weight is 273 g/mol. The van der Waals surface area contributed by atoms with Gasteiger partial charge < -0.3 is 10.2 Å². The second-order valence-corrected chi connectivity index (χ2v) is 6.16. The molecule has 0 spiro atoms. The summed E-state index contributed by atoms with van der Waals surface area (Å²) in [5.74, 6) is 0. The first-order valence-electron chi connectivity index (χ1n) is 5.76. The lowest BCUT2D eigenvalue weighted by atomic mass is 10.2. The average Bonchev–Trinajstić information content (AvgIpc) is 2.38. The van der Waals surface area contributed by atoms with E-state index in [1.165, 1.54) is 7.05 Å². The standard InChI is InChI=1S/C12H19NO4S/c1-3-10-4-6-12(7-5-10)18(16,17)13(2)8-11(15)9-14/h4-7,11,14-15H,3,8-9H2,1-2H3. The predicted octanol–water partition coefficient (Wildman–Crippen LogP) is 0.223. The Labute approximate surface area is 108 Å². The Morgan fingerprint density at radius 3 is 2.28 bits per heavy atom. The van der Waals surface area contributed by atoms with Crippen LogP contribution in [-0.2, 0) is 16.4 Å². The molecule has 1 rings (SSSR count). The summed E-state index contributed by atoms with van der Waals surface area (Å²) in [7, 11) is -2.23. The molecule has 0 aliphatic carbocycles. The molecule has 1 aromatic rings. The van der Waals surface area contributed by atoms with E-state index < -0.39 is 22.7 Å². The Balaban J connectivity index is 2.90. The van der Waals surface area contributed by atoms with Gasteiger partial charge in [-0.25, -0.2) is 8.42 Å². The van der Waals surface area contributed by atoms with Crippen molar-refractivity contribution in [2.75, 3.05) is 20.2 Å². The highest BCUT2D eigenvalue weighted by Gasteiger charge is 2.22. The molecule has 5 nitrogen and oxygen atoms in total. The number of aliphatic hydroxyl groups is 2. The van der Waals surface area contributed by atoms with Gasteiger partial charge >= 0.3 is 0 Å². The number of likely N-dealkylation sites (N-methyl/N-ethyl adjacent to an activating group) is 1. The van der Waals surface area contributed by atoms with Crippen LogP contribution in [0.1, 0.15) is 12.5 Å². The third kappa shape index (κ3) is 3.52. The molecule has 0 aromatic heterocycles. The molecule has 0 amide bonds. The molecule has 0 bridgehead atoms. The van der Waals surface area contributed by atoms with E-state index in [-0.39, 0.29) is 11.4 Å². The smallest absolute Gasteiger partial charge is 0.242 e. The van der Waals surface area contributed by atoms with Crippen LogP contribution in [0.25, 0.3) is 0 Å². The zero-order valence-electron chi connectivity index (χ0n) is 10.6. The number of rotatable bonds is 6. The highest BCUT2D eigenvalue weighted by atomic mass is 32.2. The Kier molecular flexibility index (Phi) is 5.28. The van der Waals surface area contributed by atoms with Crippen molar-refractivity contribution < 1.29 is 18.6 Å². The molecular weight excluding hydrogens is 254 g/mol. The molecular formula is C12H19NO4S. The number of benzene rings is 1. The van der Waals surface area contributed by atoms with E-state index in [0.717, 1.165) is 16.3 Å². The molecule has 0 fully saturated rings. The van der Waals surface area contributed by atoms with Gasteiger partial charge in [0.05, 0.1) is 17.6 Å². The van der Waals surface area contributed by atoms with Crippen molar-refractivity contribution in [3.8, 4) is 0 Å². The van der Waals surface area contributed by atoms with Gasteiger partial charge in [0, 0.05) is 13.6 Å². The summed E-state index contributed by atoms with van der Waals surface area (Å²) in [6.45, 7) is 1.40. The van der Waals surface area contributed by atoms with Crippen molar-refractivity contribution in [1.29, 1.82) is 0 Å². The second kappa shape index (κ2) is 6.29. The molecule has 0 saturated heterocycles. The van der Waals surface area contributed by atoms with E-state index in [4.69, 9.17) is 5.11 Å². The molecule has 6 heteroatoms. The molecule has 0 radical (unpaired) electrons. The van der Waals surface area contributed by atoms with Crippen molar-refractivity contribution in [3.05, 3.63) is 29.8 Å². The van der Waals surface area contributed by atoms with Gasteiger partial charge in [-0.05, 0) is 24.1 Å². The Morgan fingerprint density at radius 2 is 1.83 bits per heavy atom. The largest absolute Gasteiger partial charge is 0.394 e. The van der Waals surface area contributed by atoms with Crippen molar-refractivity contribution >= 4 is 10.0 Å². The van der Waals surface area contributed by atoms with E-state index in [0.29, 0.717) is 0 Å². The number of aryl methyl sites for hydroxylation is 1. The predicted molar refractivity (Wildman–Crippen MR) is 68.7 cm³/mol. The first-order chi connectivity index (χ1) is 8.41. The van der Waals surface area contributed by atoms with Gasteiger partial charge in [-0.15, -0.1) is 0 Å². The first kappa shape index (κ1) is 15.1. The van der Waals surface area contributed by atoms with Crippen LogP contribution in [0.15, 0.2) is 29.2 Å². The maximum Gasteiger partial charge on any atom is 0.242 e. The summed E-state index contributed by atoms with van der Waals surface area (Å²) in [4.78, 5) is 0.187.